The highest BCUT2D eigenvalue weighted by atomic mass is 15.2. The van der Waals surface area contributed by atoms with Crippen molar-refractivity contribution in [2.45, 2.75) is 19.9 Å². The lowest BCUT2D eigenvalue weighted by Crippen LogP contribution is -2.46. The van der Waals surface area contributed by atoms with Crippen LogP contribution in [0.4, 0.5) is 0 Å². The van der Waals surface area contributed by atoms with Crippen molar-refractivity contribution in [1.82, 2.24) is 10.2 Å². The molecule has 1 aliphatic heterocycles. The van der Waals surface area contributed by atoms with Gasteiger partial charge in [-0.25, -0.2) is 0 Å². The van der Waals surface area contributed by atoms with Crippen LogP contribution in [0.3, 0.4) is 0 Å². The summed E-state index contributed by atoms with van der Waals surface area (Å²) < 4.78 is 30.6. The third kappa shape index (κ3) is 1.95. The van der Waals surface area contributed by atoms with Crippen LogP contribution in [-0.2, 0) is 0 Å². The van der Waals surface area contributed by atoms with Gasteiger partial charge in [0.05, 0.1) is 0 Å². The molecule has 0 aromatic heterocycles. The lowest BCUT2D eigenvalue weighted by atomic mass is 10.3. The molecule has 1 saturated heterocycles. The number of piperazine rings is 1. The summed E-state index contributed by atoms with van der Waals surface area (Å²) in [5.74, 6) is 0. The van der Waals surface area contributed by atoms with Crippen molar-refractivity contribution in [3.05, 3.63) is 0 Å². The smallest absolute Gasteiger partial charge is 0.0444 e. The van der Waals surface area contributed by atoms with Crippen molar-refractivity contribution < 1.29 is 5.48 Å². The Morgan fingerprint density at radius 2 is 2.00 bits per heavy atom. The predicted octanol–water partition coefficient (Wildman–Crippen LogP) is 0.300. The Hall–Kier alpha value is -0.0800. The van der Waals surface area contributed by atoms with Gasteiger partial charge in [-0.15, -0.1) is 0 Å². The quantitative estimate of drug-likeness (QED) is 0.552. The second kappa shape index (κ2) is 3.18. The van der Waals surface area contributed by atoms with Crippen LogP contribution < -0.4 is 5.32 Å². The van der Waals surface area contributed by atoms with Crippen LogP contribution in [0.2, 0.25) is 0 Å². The van der Waals surface area contributed by atoms with E-state index >= 15 is 0 Å². The fraction of sp³-hybridized carbons (Fsp3) is 1.00. The van der Waals surface area contributed by atoms with Crippen LogP contribution in [-0.4, -0.2) is 37.0 Å². The van der Waals surface area contributed by atoms with Gasteiger partial charge in [-0.2, -0.15) is 0 Å². The van der Waals surface area contributed by atoms with Gasteiger partial charge < -0.3 is 5.32 Å². The SMILES string of the molecule is [2H]C1([2H])CNCC([2H])([2H])N1C(C)C. The van der Waals surface area contributed by atoms with Crippen molar-refractivity contribution in [1.29, 1.82) is 0 Å². The molecule has 54 valence electrons. The van der Waals surface area contributed by atoms with E-state index in [4.69, 9.17) is 5.48 Å². The molecule has 1 heterocycles. The maximum Gasteiger partial charge on any atom is 0.0444 e. The average Bonchev–Trinajstić information content (AvgIpc) is 1.79. The molecule has 0 spiro atoms. The van der Waals surface area contributed by atoms with Crippen LogP contribution in [0.5, 0.6) is 0 Å². The molecule has 0 amide bonds. The summed E-state index contributed by atoms with van der Waals surface area (Å²) in [6, 6.07) is -0.132. The van der Waals surface area contributed by atoms with E-state index in [-0.39, 0.29) is 19.1 Å². The third-order valence-corrected chi connectivity index (χ3v) is 1.27. The molecule has 1 rings (SSSR count). The number of nitrogens with one attached hydrogen (secondary N) is 1. The zero-order valence-corrected chi connectivity index (χ0v) is 5.94. The number of rotatable bonds is 1. The summed E-state index contributed by atoms with van der Waals surface area (Å²) in [5, 5.41) is 2.76. The fourth-order valence-corrected chi connectivity index (χ4v) is 0.766. The monoisotopic (exact) mass is 132 g/mol. The minimum absolute atomic E-state index is 0.132. The summed E-state index contributed by atoms with van der Waals surface area (Å²) in [5.41, 5.74) is 0. The van der Waals surface area contributed by atoms with Gasteiger partial charge in [-0.05, 0) is 13.8 Å². The molecule has 0 atom stereocenters. The van der Waals surface area contributed by atoms with Gasteiger partial charge in [-0.3, -0.25) is 4.90 Å². The van der Waals surface area contributed by atoms with Crippen LogP contribution >= 0.6 is 0 Å². The van der Waals surface area contributed by atoms with Crippen molar-refractivity contribution in [2.75, 3.05) is 26.1 Å². The van der Waals surface area contributed by atoms with E-state index < -0.39 is 13.0 Å². The van der Waals surface area contributed by atoms with E-state index in [1.165, 1.54) is 4.90 Å². The molecule has 0 bridgehead atoms. The topological polar surface area (TPSA) is 15.3 Å². The Kier molecular flexibility index (Phi) is 1.18. The van der Waals surface area contributed by atoms with Crippen molar-refractivity contribution in [3.8, 4) is 0 Å². The first-order valence-electron chi connectivity index (χ1n) is 5.27. The minimum atomic E-state index is -1.60. The van der Waals surface area contributed by atoms with E-state index in [9.17, 15) is 0 Å². The molecule has 0 saturated carbocycles. The highest BCUT2D eigenvalue weighted by Gasteiger charge is 2.11. The predicted molar refractivity (Wildman–Crippen MR) is 39.6 cm³/mol. The van der Waals surface area contributed by atoms with Crippen LogP contribution in [0.25, 0.3) is 0 Å². The highest BCUT2D eigenvalue weighted by molar-refractivity contribution is 4.69. The summed E-state index contributed by atoms with van der Waals surface area (Å²) in [6.07, 6.45) is 0. The van der Waals surface area contributed by atoms with Crippen LogP contribution in [0, 0.1) is 0 Å². The summed E-state index contributed by atoms with van der Waals surface area (Å²) in [7, 11) is 0. The molecule has 9 heavy (non-hydrogen) atoms. The Morgan fingerprint density at radius 3 is 2.33 bits per heavy atom. The molecule has 2 heteroatoms. The van der Waals surface area contributed by atoms with Crippen LogP contribution in [0.15, 0.2) is 0 Å². The number of hydrogen-bond donors (Lipinski definition) is 1. The summed E-state index contributed by atoms with van der Waals surface area (Å²) >= 11 is 0. The maximum atomic E-state index is 7.66. The van der Waals surface area contributed by atoms with Gasteiger partial charge in [0.15, 0.2) is 0 Å². The van der Waals surface area contributed by atoms with Gasteiger partial charge in [0.25, 0.3) is 0 Å². The standard InChI is InChI=1S/C7H16N2/c1-7(2)9-5-3-8-4-6-9/h7-8H,3-6H2,1-2H3/i5D2,6D2. The van der Waals surface area contributed by atoms with Crippen molar-refractivity contribution in [3.63, 3.8) is 0 Å². The Balaban J connectivity index is 2.91. The third-order valence-electron chi connectivity index (χ3n) is 1.27. The second-order valence-corrected chi connectivity index (χ2v) is 2.38. The first kappa shape index (κ1) is 3.35. The molecule has 0 unspecified atom stereocenters. The molecule has 0 aliphatic carbocycles. The van der Waals surface area contributed by atoms with Crippen molar-refractivity contribution in [2.24, 2.45) is 0 Å². The van der Waals surface area contributed by atoms with E-state index in [0.717, 1.165) is 0 Å². The van der Waals surface area contributed by atoms with Gasteiger partial charge in [-0.1, -0.05) is 0 Å². The minimum Gasteiger partial charge on any atom is -0.314 e. The van der Waals surface area contributed by atoms with Crippen LogP contribution in [0.1, 0.15) is 19.3 Å². The number of nitrogens with zero attached hydrogens (tertiary/aromatic N) is 1. The average molecular weight is 132 g/mol. The largest absolute Gasteiger partial charge is 0.314 e. The van der Waals surface area contributed by atoms with Gasteiger partial charge in [0.2, 0.25) is 0 Å². The van der Waals surface area contributed by atoms with E-state index in [2.05, 4.69) is 5.32 Å². The van der Waals surface area contributed by atoms with E-state index in [1.54, 1.807) is 13.8 Å². The van der Waals surface area contributed by atoms with Gasteiger partial charge in [0.1, 0.15) is 0 Å². The second-order valence-electron chi connectivity index (χ2n) is 2.38. The Labute approximate surface area is 62.9 Å². The lowest BCUT2D eigenvalue weighted by Gasteiger charge is -2.30. The molecule has 1 N–H and O–H groups in total. The first-order chi connectivity index (χ1) is 5.77. The summed E-state index contributed by atoms with van der Waals surface area (Å²) in [4.78, 5) is 1.29. The van der Waals surface area contributed by atoms with Gasteiger partial charge >= 0.3 is 0 Å². The number of hydrogen-bond acceptors (Lipinski definition) is 2. The molecule has 1 aliphatic rings. The Bertz CT molecular complexity index is 177. The van der Waals surface area contributed by atoms with E-state index in [0.29, 0.717) is 0 Å². The Morgan fingerprint density at radius 1 is 1.44 bits per heavy atom. The van der Waals surface area contributed by atoms with Crippen molar-refractivity contribution >= 4 is 0 Å². The molecule has 0 radical (unpaired) electrons. The molecular formula is C7H16N2. The molecule has 0 aromatic rings. The first-order valence-corrected chi connectivity index (χ1v) is 3.27. The molecule has 0 aromatic carbocycles. The zero-order chi connectivity index (χ0) is 10.3. The van der Waals surface area contributed by atoms with E-state index in [1.807, 2.05) is 0 Å². The maximum absolute atomic E-state index is 7.66. The zero-order valence-electron chi connectivity index (χ0n) is 9.94. The van der Waals surface area contributed by atoms with Gasteiger partial charge in [0, 0.05) is 37.6 Å². The normalized spacial score (nSPS) is 40.8. The molecule has 1 fully saturated rings. The fourth-order valence-electron chi connectivity index (χ4n) is 0.766. The molecule has 2 nitrogen and oxygen atoms in total. The summed E-state index contributed by atoms with van der Waals surface area (Å²) in [6.45, 7) is 0.781. The highest BCUT2D eigenvalue weighted by Crippen LogP contribution is 1.97. The molecular weight excluding hydrogens is 112 g/mol. The lowest BCUT2D eigenvalue weighted by molar-refractivity contribution is 0.196.